The van der Waals surface area contributed by atoms with Gasteiger partial charge in [0.25, 0.3) is 0 Å². The number of carbonyl (C=O) groups is 1. The van der Waals surface area contributed by atoms with Crippen molar-refractivity contribution in [3.63, 3.8) is 0 Å². The summed E-state index contributed by atoms with van der Waals surface area (Å²) < 4.78 is 0. The molecular weight excluding hydrogens is 298 g/mol. The predicted molar refractivity (Wildman–Crippen MR) is 99.1 cm³/mol. The smallest absolute Gasteiger partial charge is 0.303 e. The highest BCUT2D eigenvalue weighted by Crippen LogP contribution is 2.30. The molecule has 134 valence electrons. The highest BCUT2D eigenvalue weighted by Gasteiger charge is 2.24. The van der Waals surface area contributed by atoms with E-state index in [1.807, 2.05) is 6.07 Å². The fourth-order valence-corrected chi connectivity index (χ4v) is 4.10. The monoisotopic (exact) mass is 331 g/mol. The van der Waals surface area contributed by atoms with E-state index in [2.05, 4.69) is 43.4 Å². The minimum atomic E-state index is -0.698. The first-order valence-corrected chi connectivity index (χ1v) is 9.54. The number of hydrogen-bond donors (Lipinski definition) is 2. The molecule has 2 N–H and O–H groups in total. The average molecular weight is 332 g/mol. The van der Waals surface area contributed by atoms with Crippen molar-refractivity contribution in [2.75, 3.05) is 0 Å². The third-order valence-electron chi connectivity index (χ3n) is 5.09. The molecule has 24 heavy (non-hydrogen) atoms. The normalized spacial score (nSPS) is 22.5. The van der Waals surface area contributed by atoms with Crippen LogP contribution in [0.2, 0.25) is 0 Å². The molecule has 1 aromatic rings. The van der Waals surface area contributed by atoms with E-state index >= 15 is 0 Å². The Bertz CT molecular complexity index is 486. The predicted octanol–water partition coefficient (Wildman–Crippen LogP) is 4.66. The third-order valence-corrected chi connectivity index (χ3v) is 5.09. The standard InChI is InChI=1S/C21H33NO2/c1-16(2)13-18-9-6-10-19(15-18)22-20(11-12-21(23)24)14-17-7-4-3-5-8-17/h3-5,7-8,16,18-20,22H,6,9-15H2,1-2H3,(H,23,24). The van der Waals surface area contributed by atoms with E-state index in [9.17, 15) is 4.79 Å². The molecule has 0 spiro atoms. The Labute approximate surface area is 146 Å². The molecular formula is C21H33NO2. The summed E-state index contributed by atoms with van der Waals surface area (Å²) >= 11 is 0. The van der Waals surface area contributed by atoms with Gasteiger partial charge in [-0.2, -0.15) is 0 Å². The van der Waals surface area contributed by atoms with Gasteiger partial charge in [0.1, 0.15) is 0 Å². The van der Waals surface area contributed by atoms with E-state index in [4.69, 9.17) is 5.11 Å². The van der Waals surface area contributed by atoms with E-state index in [0.717, 1.165) is 18.3 Å². The maximum absolute atomic E-state index is 11.0. The first-order chi connectivity index (χ1) is 11.5. The van der Waals surface area contributed by atoms with Crippen LogP contribution in [-0.4, -0.2) is 23.2 Å². The molecule has 1 aliphatic rings. The molecule has 0 amide bonds. The van der Waals surface area contributed by atoms with Crippen LogP contribution in [0.15, 0.2) is 30.3 Å². The maximum Gasteiger partial charge on any atom is 0.303 e. The molecule has 0 bridgehead atoms. The Kier molecular flexibility index (Phi) is 7.77. The lowest BCUT2D eigenvalue weighted by molar-refractivity contribution is -0.137. The number of hydrogen-bond acceptors (Lipinski definition) is 2. The van der Waals surface area contributed by atoms with E-state index in [0.29, 0.717) is 12.5 Å². The largest absolute Gasteiger partial charge is 0.481 e. The third kappa shape index (κ3) is 7.04. The van der Waals surface area contributed by atoms with Crippen LogP contribution >= 0.6 is 0 Å². The van der Waals surface area contributed by atoms with Gasteiger partial charge in [0.15, 0.2) is 0 Å². The molecule has 2 rings (SSSR count). The molecule has 0 saturated heterocycles. The summed E-state index contributed by atoms with van der Waals surface area (Å²) in [6, 6.07) is 11.2. The van der Waals surface area contributed by atoms with Crippen LogP contribution in [-0.2, 0) is 11.2 Å². The van der Waals surface area contributed by atoms with Crippen molar-refractivity contribution >= 4 is 5.97 Å². The summed E-state index contributed by atoms with van der Waals surface area (Å²) in [5.74, 6) is 0.894. The van der Waals surface area contributed by atoms with Crippen LogP contribution in [0.25, 0.3) is 0 Å². The maximum atomic E-state index is 11.0. The van der Waals surface area contributed by atoms with Crippen LogP contribution in [0, 0.1) is 11.8 Å². The zero-order valence-electron chi connectivity index (χ0n) is 15.2. The van der Waals surface area contributed by atoms with Crippen LogP contribution in [0.1, 0.15) is 64.4 Å². The van der Waals surface area contributed by atoms with Crippen molar-refractivity contribution in [2.45, 2.75) is 77.3 Å². The van der Waals surface area contributed by atoms with Crippen molar-refractivity contribution < 1.29 is 9.90 Å². The quantitative estimate of drug-likeness (QED) is 0.692. The topological polar surface area (TPSA) is 49.3 Å². The van der Waals surface area contributed by atoms with Crippen molar-refractivity contribution in [1.29, 1.82) is 0 Å². The first kappa shape index (κ1) is 19.0. The highest BCUT2D eigenvalue weighted by atomic mass is 16.4. The summed E-state index contributed by atoms with van der Waals surface area (Å²) in [5.41, 5.74) is 1.29. The van der Waals surface area contributed by atoms with Gasteiger partial charge in [-0.1, -0.05) is 57.0 Å². The molecule has 1 aliphatic carbocycles. The van der Waals surface area contributed by atoms with Crippen LogP contribution in [0.3, 0.4) is 0 Å². The summed E-state index contributed by atoms with van der Waals surface area (Å²) in [5, 5.41) is 12.8. The molecule has 0 heterocycles. The number of benzene rings is 1. The molecule has 1 aromatic carbocycles. The number of carboxylic acids is 1. The molecule has 3 unspecified atom stereocenters. The Morgan fingerprint density at radius 3 is 2.67 bits per heavy atom. The molecule has 1 fully saturated rings. The van der Waals surface area contributed by atoms with Gasteiger partial charge in [-0.25, -0.2) is 0 Å². The molecule has 3 heteroatoms. The van der Waals surface area contributed by atoms with Crippen molar-refractivity contribution in [2.24, 2.45) is 11.8 Å². The number of nitrogens with one attached hydrogen (secondary N) is 1. The second kappa shape index (κ2) is 9.83. The minimum Gasteiger partial charge on any atom is -0.481 e. The molecule has 0 aliphatic heterocycles. The molecule has 0 radical (unpaired) electrons. The summed E-state index contributed by atoms with van der Waals surface area (Å²) in [6.07, 6.45) is 8.31. The summed E-state index contributed by atoms with van der Waals surface area (Å²) in [6.45, 7) is 4.62. The van der Waals surface area contributed by atoms with Crippen molar-refractivity contribution in [3.8, 4) is 0 Å². The van der Waals surface area contributed by atoms with Gasteiger partial charge in [0.2, 0.25) is 0 Å². The van der Waals surface area contributed by atoms with Gasteiger partial charge >= 0.3 is 5.97 Å². The zero-order valence-corrected chi connectivity index (χ0v) is 15.2. The van der Waals surface area contributed by atoms with Crippen molar-refractivity contribution in [3.05, 3.63) is 35.9 Å². The SMILES string of the molecule is CC(C)CC1CCCC(NC(CCC(=O)O)Cc2ccccc2)C1. The van der Waals surface area contributed by atoms with Gasteiger partial charge in [-0.3, -0.25) is 4.79 Å². The highest BCUT2D eigenvalue weighted by molar-refractivity contribution is 5.66. The molecule has 1 saturated carbocycles. The second-order valence-corrected chi connectivity index (χ2v) is 7.84. The van der Waals surface area contributed by atoms with Gasteiger partial charge in [-0.15, -0.1) is 0 Å². The fraction of sp³-hybridized carbons (Fsp3) is 0.667. The second-order valence-electron chi connectivity index (χ2n) is 7.84. The molecule has 0 aromatic heterocycles. The Balaban J connectivity index is 1.92. The molecule has 3 atom stereocenters. The number of carboxylic acid groups (broad SMARTS) is 1. The summed E-state index contributed by atoms with van der Waals surface area (Å²) in [4.78, 5) is 11.0. The Morgan fingerprint density at radius 1 is 1.25 bits per heavy atom. The lowest BCUT2D eigenvalue weighted by Gasteiger charge is -2.33. The zero-order chi connectivity index (χ0) is 17.4. The van der Waals surface area contributed by atoms with Gasteiger partial charge < -0.3 is 10.4 Å². The minimum absolute atomic E-state index is 0.243. The van der Waals surface area contributed by atoms with Crippen LogP contribution in [0.5, 0.6) is 0 Å². The summed E-state index contributed by atoms with van der Waals surface area (Å²) in [7, 11) is 0. The average Bonchev–Trinajstić information content (AvgIpc) is 2.53. The van der Waals surface area contributed by atoms with Crippen molar-refractivity contribution in [1.82, 2.24) is 5.32 Å². The van der Waals surface area contributed by atoms with Crippen LogP contribution in [0.4, 0.5) is 0 Å². The lowest BCUT2D eigenvalue weighted by Crippen LogP contribution is -2.42. The van der Waals surface area contributed by atoms with Crippen LogP contribution < -0.4 is 5.32 Å². The van der Waals surface area contributed by atoms with E-state index in [1.165, 1.54) is 37.7 Å². The first-order valence-electron chi connectivity index (χ1n) is 9.54. The van der Waals surface area contributed by atoms with E-state index in [1.54, 1.807) is 0 Å². The van der Waals surface area contributed by atoms with Gasteiger partial charge in [-0.05, 0) is 49.5 Å². The Hall–Kier alpha value is -1.35. The molecule has 3 nitrogen and oxygen atoms in total. The lowest BCUT2D eigenvalue weighted by atomic mass is 9.80. The van der Waals surface area contributed by atoms with Gasteiger partial charge in [0, 0.05) is 18.5 Å². The number of aliphatic carboxylic acids is 1. The van der Waals surface area contributed by atoms with E-state index < -0.39 is 5.97 Å². The Morgan fingerprint density at radius 2 is 2.00 bits per heavy atom. The fourth-order valence-electron chi connectivity index (χ4n) is 4.10. The number of rotatable bonds is 9. The van der Waals surface area contributed by atoms with E-state index in [-0.39, 0.29) is 12.5 Å². The van der Waals surface area contributed by atoms with Gasteiger partial charge in [0.05, 0.1) is 0 Å².